The average Bonchev–Trinajstić information content (AvgIpc) is 1.63. The molecule has 0 aromatic rings. The first-order chi connectivity index (χ1) is 4.13. The largest absolute Gasteiger partial charge is 0.316 e. The summed E-state index contributed by atoms with van der Waals surface area (Å²) in [5.41, 5.74) is 21.1. The van der Waals surface area contributed by atoms with E-state index in [9.17, 15) is 0 Å². The summed E-state index contributed by atoms with van der Waals surface area (Å²) in [7, 11) is 0. The van der Waals surface area contributed by atoms with Crippen molar-refractivity contribution in [2.75, 3.05) is 0 Å². The van der Waals surface area contributed by atoms with Gasteiger partial charge < -0.3 is 22.9 Å². The Balaban J connectivity index is 2.91. The fourth-order valence-corrected chi connectivity index (χ4v) is 0.589. The molecule has 0 heterocycles. The third-order valence-corrected chi connectivity index (χ3v) is 1.07. The zero-order chi connectivity index (χ0) is 7.28. The molecule has 9 heavy (non-hydrogen) atoms. The Kier molecular flexibility index (Phi) is 4.61. The maximum absolute atomic E-state index is 5.27. The molecule has 0 unspecified atom stereocenters. The molecule has 56 valence electrons. The second-order valence-electron chi connectivity index (χ2n) is 2.26. The van der Waals surface area contributed by atoms with Crippen molar-refractivity contribution in [1.82, 2.24) is 0 Å². The van der Waals surface area contributed by atoms with Crippen molar-refractivity contribution in [2.24, 2.45) is 22.9 Å². The van der Waals surface area contributed by atoms with Crippen molar-refractivity contribution in [3.8, 4) is 0 Å². The summed E-state index contributed by atoms with van der Waals surface area (Å²) >= 11 is 0. The standard InChI is InChI=1S/C5H16N4/c6-4(7)2-1-3-5(8)9/h4-5H,1-3,6-9H2. The maximum Gasteiger partial charge on any atom is 0.0520 e. The van der Waals surface area contributed by atoms with Crippen LogP contribution in [0.3, 0.4) is 0 Å². The molecular weight excluding hydrogens is 116 g/mol. The third-order valence-electron chi connectivity index (χ3n) is 1.07. The summed E-state index contributed by atoms with van der Waals surface area (Å²) < 4.78 is 0. The van der Waals surface area contributed by atoms with Crippen LogP contribution in [0.1, 0.15) is 19.3 Å². The summed E-state index contributed by atoms with van der Waals surface area (Å²) in [5.74, 6) is 0. The quantitative estimate of drug-likeness (QED) is 0.355. The molecule has 0 bridgehead atoms. The first-order valence-corrected chi connectivity index (χ1v) is 3.15. The fraction of sp³-hybridized carbons (Fsp3) is 1.00. The van der Waals surface area contributed by atoms with Gasteiger partial charge in [0.2, 0.25) is 0 Å². The topological polar surface area (TPSA) is 104 Å². The molecule has 0 spiro atoms. The molecule has 0 aliphatic carbocycles. The van der Waals surface area contributed by atoms with Gasteiger partial charge in [-0.15, -0.1) is 0 Å². The van der Waals surface area contributed by atoms with Crippen molar-refractivity contribution in [3.05, 3.63) is 0 Å². The fourth-order valence-electron chi connectivity index (χ4n) is 0.589. The summed E-state index contributed by atoms with van der Waals surface area (Å²) in [6.45, 7) is 0. The van der Waals surface area contributed by atoms with E-state index < -0.39 is 0 Å². The van der Waals surface area contributed by atoms with Crippen LogP contribution in [0.5, 0.6) is 0 Å². The highest BCUT2D eigenvalue weighted by atomic mass is 14.9. The lowest BCUT2D eigenvalue weighted by Gasteiger charge is -2.06. The van der Waals surface area contributed by atoms with E-state index in [1.54, 1.807) is 0 Å². The van der Waals surface area contributed by atoms with Gasteiger partial charge in [0.15, 0.2) is 0 Å². The van der Waals surface area contributed by atoms with Gasteiger partial charge in [0.05, 0.1) is 12.3 Å². The zero-order valence-corrected chi connectivity index (χ0v) is 5.59. The molecule has 4 heteroatoms. The third kappa shape index (κ3) is 7.84. The lowest BCUT2D eigenvalue weighted by molar-refractivity contribution is 0.532. The molecule has 0 saturated heterocycles. The Labute approximate surface area is 55.6 Å². The van der Waals surface area contributed by atoms with E-state index in [-0.39, 0.29) is 12.3 Å². The van der Waals surface area contributed by atoms with Crippen molar-refractivity contribution in [3.63, 3.8) is 0 Å². The Hall–Kier alpha value is -0.160. The van der Waals surface area contributed by atoms with Gasteiger partial charge in [-0.2, -0.15) is 0 Å². The molecule has 0 aromatic carbocycles. The molecule has 0 rings (SSSR count). The molecule has 0 aliphatic heterocycles. The van der Waals surface area contributed by atoms with Crippen LogP contribution in [-0.2, 0) is 0 Å². The van der Waals surface area contributed by atoms with E-state index in [0.29, 0.717) is 0 Å². The van der Waals surface area contributed by atoms with Crippen LogP contribution in [0, 0.1) is 0 Å². The van der Waals surface area contributed by atoms with Gasteiger partial charge in [0, 0.05) is 0 Å². The summed E-state index contributed by atoms with van der Waals surface area (Å²) in [4.78, 5) is 0. The molecule has 0 aliphatic rings. The van der Waals surface area contributed by atoms with Crippen LogP contribution >= 0.6 is 0 Å². The smallest absolute Gasteiger partial charge is 0.0520 e. The van der Waals surface area contributed by atoms with Crippen molar-refractivity contribution in [1.29, 1.82) is 0 Å². The molecule has 0 aromatic heterocycles. The predicted octanol–water partition coefficient (Wildman–Crippen LogP) is -1.36. The molecule has 0 radical (unpaired) electrons. The van der Waals surface area contributed by atoms with Crippen molar-refractivity contribution >= 4 is 0 Å². The number of rotatable bonds is 4. The van der Waals surface area contributed by atoms with E-state index in [1.807, 2.05) is 0 Å². The van der Waals surface area contributed by atoms with Gasteiger partial charge in [0.25, 0.3) is 0 Å². The van der Waals surface area contributed by atoms with Gasteiger partial charge in [-0.25, -0.2) is 0 Å². The molecular formula is C5H16N4. The summed E-state index contributed by atoms with van der Waals surface area (Å²) in [6.07, 6.45) is 2.07. The second kappa shape index (κ2) is 4.69. The van der Waals surface area contributed by atoms with E-state index in [0.717, 1.165) is 19.3 Å². The SMILES string of the molecule is NC(N)CCCC(N)N. The highest BCUT2D eigenvalue weighted by Gasteiger charge is 1.96. The van der Waals surface area contributed by atoms with Crippen LogP contribution < -0.4 is 22.9 Å². The summed E-state index contributed by atoms with van der Waals surface area (Å²) in [6, 6.07) is 0. The number of hydrogen-bond acceptors (Lipinski definition) is 4. The molecule has 0 fully saturated rings. The minimum Gasteiger partial charge on any atom is -0.316 e. The predicted molar refractivity (Wildman–Crippen MR) is 38.2 cm³/mol. The van der Waals surface area contributed by atoms with Gasteiger partial charge >= 0.3 is 0 Å². The molecule has 8 N–H and O–H groups in total. The first-order valence-electron chi connectivity index (χ1n) is 3.15. The van der Waals surface area contributed by atoms with E-state index >= 15 is 0 Å². The highest BCUT2D eigenvalue weighted by Crippen LogP contribution is 1.94. The first kappa shape index (κ1) is 8.84. The van der Waals surface area contributed by atoms with E-state index in [1.165, 1.54) is 0 Å². The maximum atomic E-state index is 5.27. The average molecular weight is 132 g/mol. The van der Waals surface area contributed by atoms with E-state index in [4.69, 9.17) is 22.9 Å². The second-order valence-corrected chi connectivity index (χ2v) is 2.26. The minimum atomic E-state index is -0.219. The Morgan fingerprint density at radius 1 is 0.778 bits per heavy atom. The molecule has 0 atom stereocenters. The van der Waals surface area contributed by atoms with Crippen molar-refractivity contribution < 1.29 is 0 Å². The van der Waals surface area contributed by atoms with Crippen LogP contribution in [0.25, 0.3) is 0 Å². The molecule has 0 saturated carbocycles. The van der Waals surface area contributed by atoms with Gasteiger partial charge in [0.1, 0.15) is 0 Å². The van der Waals surface area contributed by atoms with E-state index in [2.05, 4.69) is 0 Å². The lowest BCUT2D eigenvalue weighted by atomic mass is 10.2. The normalized spacial score (nSPS) is 11.3. The number of nitrogens with two attached hydrogens (primary N) is 4. The summed E-state index contributed by atoms with van der Waals surface area (Å²) in [5, 5.41) is 0. The Morgan fingerprint density at radius 3 is 1.33 bits per heavy atom. The number of hydrogen-bond donors (Lipinski definition) is 4. The molecule has 0 amide bonds. The zero-order valence-electron chi connectivity index (χ0n) is 5.59. The van der Waals surface area contributed by atoms with Gasteiger partial charge in [-0.3, -0.25) is 0 Å². The monoisotopic (exact) mass is 132 g/mol. The van der Waals surface area contributed by atoms with Crippen molar-refractivity contribution in [2.45, 2.75) is 31.6 Å². The van der Waals surface area contributed by atoms with Gasteiger partial charge in [-0.1, -0.05) is 0 Å². The van der Waals surface area contributed by atoms with Crippen LogP contribution in [-0.4, -0.2) is 12.3 Å². The lowest BCUT2D eigenvalue weighted by Crippen LogP contribution is -2.33. The van der Waals surface area contributed by atoms with Crippen LogP contribution in [0.4, 0.5) is 0 Å². The molecule has 4 nitrogen and oxygen atoms in total. The van der Waals surface area contributed by atoms with Crippen LogP contribution in [0.2, 0.25) is 0 Å². The minimum absolute atomic E-state index is 0.219. The highest BCUT2D eigenvalue weighted by molar-refractivity contribution is 4.55. The van der Waals surface area contributed by atoms with Crippen LogP contribution in [0.15, 0.2) is 0 Å². The Morgan fingerprint density at radius 2 is 1.11 bits per heavy atom. The Bertz CT molecular complexity index is 54.0. The van der Waals surface area contributed by atoms with Gasteiger partial charge in [-0.05, 0) is 19.3 Å².